The predicted octanol–water partition coefficient (Wildman–Crippen LogP) is 5.36. The fourth-order valence-electron chi connectivity index (χ4n) is 3.29. The van der Waals surface area contributed by atoms with Crippen LogP contribution in [0.25, 0.3) is 17.4 Å². The molecule has 0 atom stereocenters. The molecule has 10 heteroatoms. The van der Waals surface area contributed by atoms with Gasteiger partial charge in [-0.2, -0.15) is 0 Å². The molecule has 0 unspecified atom stereocenters. The molecule has 1 aliphatic heterocycles. The molecule has 0 spiro atoms. The monoisotopic (exact) mass is 463 g/mol. The lowest BCUT2D eigenvalue weighted by Crippen LogP contribution is -2.27. The zero-order valence-electron chi connectivity index (χ0n) is 17.5. The molecular formula is C23H17N3O6S. The van der Waals surface area contributed by atoms with Crippen LogP contribution in [0.15, 0.2) is 63.9 Å². The number of furan rings is 1. The van der Waals surface area contributed by atoms with Crippen LogP contribution < -0.4 is 10.2 Å². The number of imide groups is 1. The standard InChI is InChI=1S/C23H17N3O6S/c1-13-3-9-18(19(11-13)26(30)31)20-10-8-17(32-20)12-21-22(28)25(23(29)33-21)16-6-4-15(5-7-16)24-14(2)27/h3-12H,1-2H3,(H,24,27)/b21-12+. The van der Waals surface area contributed by atoms with Crippen LogP contribution in [0.1, 0.15) is 18.2 Å². The summed E-state index contributed by atoms with van der Waals surface area (Å²) in [5, 5.41) is 13.5. The Bertz CT molecular complexity index is 1330. The Balaban J connectivity index is 1.59. The van der Waals surface area contributed by atoms with Gasteiger partial charge in [-0.05, 0) is 66.7 Å². The normalized spacial score (nSPS) is 14.7. The van der Waals surface area contributed by atoms with E-state index in [1.165, 1.54) is 19.1 Å². The number of amides is 3. The molecule has 2 heterocycles. The van der Waals surface area contributed by atoms with E-state index in [9.17, 15) is 24.5 Å². The Morgan fingerprint density at radius 1 is 1.12 bits per heavy atom. The van der Waals surface area contributed by atoms with Crippen LogP contribution in [0.4, 0.5) is 21.9 Å². The molecular weight excluding hydrogens is 446 g/mol. The van der Waals surface area contributed by atoms with Crippen molar-refractivity contribution in [2.75, 3.05) is 10.2 Å². The van der Waals surface area contributed by atoms with Crippen molar-refractivity contribution >= 4 is 52.0 Å². The maximum atomic E-state index is 12.9. The number of nitro benzene ring substituents is 1. The van der Waals surface area contributed by atoms with Gasteiger partial charge < -0.3 is 9.73 Å². The fourth-order valence-corrected chi connectivity index (χ4v) is 4.11. The third-order valence-corrected chi connectivity index (χ3v) is 5.62. The fraction of sp³-hybridized carbons (Fsp3) is 0.0870. The summed E-state index contributed by atoms with van der Waals surface area (Å²) in [5.41, 5.74) is 1.89. The Hall–Kier alpha value is -4.18. The number of nitrogens with one attached hydrogen (secondary N) is 1. The number of nitro groups is 1. The number of carbonyl (C=O) groups excluding carboxylic acids is 3. The van der Waals surface area contributed by atoms with Crippen LogP contribution >= 0.6 is 11.8 Å². The Morgan fingerprint density at radius 2 is 1.85 bits per heavy atom. The van der Waals surface area contributed by atoms with E-state index in [1.807, 2.05) is 0 Å². The molecule has 9 nitrogen and oxygen atoms in total. The third-order valence-electron chi connectivity index (χ3n) is 4.76. The van der Waals surface area contributed by atoms with Crippen molar-refractivity contribution in [3.63, 3.8) is 0 Å². The Kier molecular flexibility index (Phi) is 5.84. The highest BCUT2D eigenvalue weighted by atomic mass is 32.2. The first kappa shape index (κ1) is 22.0. The highest BCUT2D eigenvalue weighted by molar-refractivity contribution is 8.19. The number of anilines is 2. The molecule has 0 bridgehead atoms. The smallest absolute Gasteiger partial charge is 0.298 e. The van der Waals surface area contributed by atoms with E-state index in [1.54, 1.807) is 55.5 Å². The molecule has 1 aromatic heterocycles. The quantitative estimate of drug-likeness (QED) is 0.307. The van der Waals surface area contributed by atoms with E-state index in [2.05, 4.69) is 5.32 Å². The molecule has 166 valence electrons. The second kappa shape index (κ2) is 8.75. The minimum absolute atomic E-state index is 0.0843. The van der Waals surface area contributed by atoms with Crippen LogP contribution in [-0.2, 0) is 9.59 Å². The van der Waals surface area contributed by atoms with Gasteiger partial charge in [-0.1, -0.05) is 6.07 Å². The van der Waals surface area contributed by atoms with Gasteiger partial charge in [0, 0.05) is 24.8 Å². The zero-order valence-corrected chi connectivity index (χ0v) is 18.3. The highest BCUT2D eigenvalue weighted by Crippen LogP contribution is 2.37. The molecule has 0 radical (unpaired) electrons. The number of carbonyl (C=O) groups is 3. The van der Waals surface area contributed by atoms with Gasteiger partial charge in [0.2, 0.25) is 5.91 Å². The van der Waals surface area contributed by atoms with Crippen molar-refractivity contribution in [1.29, 1.82) is 0 Å². The molecule has 1 aliphatic rings. The molecule has 2 aromatic carbocycles. The van der Waals surface area contributed by atoms with Crippen molar-refractivity contribution in [2.24, 2.45) is 0 Å². The third kappa shape index (κ3) is 4.55. The maximum Gasteiger partial charge on any atom is 0.298 e. The number of hydrogen-bond donors (Lipinski definition) is 1. The second-order valence-corrected chi connectivity index (χ2v) is 8.22. The summed E-state index contributed by atoms with van der Waals surface area (Å²) < 4.78 is 5.72. The summed E-state index contributed by atoms with van der Waals surface area (Å²) in [6.45, 7) is 3.14. The Morgan fingerprint density at radius 3 is 2.52 bits per heavy atom. The van der Waals surface area contributed by atoms with Crippen LogP contribution in [0.3, 0.4) is 0 Å². The molecule has 0 aliphatic carbocycles. The van der Waals surface area contributed by atoms with Crippen molar-refractivity contribution in [1.82, 2.24) is 0 Å². The highest BCUT2D eigenvalue weighted by Gasteiger charge is 2.36. The van der Waals surface area contributed by atoms with Gasteiger partial charge >= 0.3 is 0 Å². The topological polar surface area (TPSA) is 123 Å². The van der Waals surface area contributed by atoms with Gasteiger partial charge in [0.25, 0.3) is 16.8 Å². The summed E-state index contributed by atoms with van der Waals surface area (Å²) in [5.74, 6) is -0.186. The van der Waals surface area contributed by atoms with Gasteiger partial charge in [-0.15, -0.1) is 0 Å². The molecule has 33 heavy (non-hydrogen) atoms. The second-order valence-electron chi connectivity index (χ2n) is 7.22. The van der Waals surface area contributed by atoms with E-state index in [-0.39, 0.29) is 28.0 Å². The number of nitrogens with zero attached hydrogens (tertiary/aromatic N) is 2. The summed E-state index contributed by atoms with van der Waals surface area (Å²) in [6, 6.07) is 14.3. The van der Waals surface area contributed by atoms with E-state index in [0.29, 0.717) is 16.9 Å². The lowest BCUT2D eigenvalue weighted by molar-refractivity contribution is -0.384. The van der Waals surface area contributed by atoms with E-state index in [4.69, 9.17) is 4.42 Å². The summed E-state index contributed by atoms with van der Waals surface area (Å²) in [4.78, 5) is 48.6. The van der Waals surface area contributed by atoms with Crippen molar-refractivity contribution in [2.45, 2.75) is 13.8 Å². The molecule has 1 saturated heterocycles. The minimum Gasteiger partial charge on any atom is -0.456 e. The van der Waals surface area contributed by atoms with Crippen molar-refractivity contribution in [3.8, 4) is 11.3 Å². The summed E-state index contributed by atoms with van der Waals surface area (Å²) >= 11 is 0.762. The SMILES string of the molecule is CC(=O)Nc1ccc(N2C(=O)S/C(=C/c3ccc(-c4ccc(C)cc4[N+](=O)[O-])o3)C2=O)cc1. The average molecular weight is 463 g/mol. The van der Waals surface area contributed by atoms with E-state index < -0.39 is 16.1 Å². The van der Waals surface area contributed by atoms with Crippen LogP contribution in [-0.4, -0.2) is 22.0 Å². The maximum absolute atomic E-state index is 12.9. The lowest BCUT2D eigenvalue weighted by Gasteiger charge is -2.13. The van der Waals surface area contributed by atoms with Gasteiger partial charge in [0.1, 0.15) is 11.5 Å². The first-order valence-electron chi connectivity index (χ1n) is 9.74. The molecule has 3 amide bonds. The molecule has 1 fully saturated rings. The average Bonchev–Trinajstić information content (AvgIpc) is 3.32. The van der Waals surface area contributed by atoms with Crippen molar-refractivity contribution in [3.05, 3.63) is 80.9 Å². The first-order valence-corrected chi connectivity index (χ1v) is 10.6. The van der Waals surface area contributed by atoms with Gasteiger partial charge in [0.05, 0.1) is 21.1 Å². The molecule has 4 rings (SSSR count). The van der Waals surface area contributed by atoms with Gasteiger partial charge in [-0.3, -0.25) is 24.5 Å². The predicted molar refractivity (Wildman–Crippen MR) is 125 cm³/mol. The summed E-state index contributed by atoms with van der Waals surface area (Å²) in [6.07, 6.45) is 1.43. The van der Waals surface area contributed by atoms with Gasteiger partial charge in [0.15, 0.2) is 0 Å². The van der Waals surface area contributed by atoms with Gasteiger partial charge in [-0.25, -0.2) is 4.90 Å². The van der Waals surface area contributed by atoms with E-state index >= 15 is 0 Å². The zero-order chi connectivity index (χ0) is 23.7. The number of hydrogen-bond acceptors (Lipinski definition) is 7. The molecule has 1 N–H and O–H groups in total. The van der Waals surface area contributed by atoms with Crippen LogP contribution in [0.2, 0.25) is 0 Å². The number of thioether (sulfide) groups is 1. The molecule has 0 saturated carbocycles. The van der Waals surface area contributed by atoms with Crippen LogP contribution in [0.5, 0.6) is 0 Å². The first-order chi connectivity index (χ1) is 15.7. The molecule has 3 aromatic rings. The summed E-state index contributed by atoms with van der Waals surface area (Å²) in [7, 11) is 0. The Labute approximate surface area is 192 Å². The number of benzene rings is 2. The largest absolute Gasteiger partial charge is 0.456 e. The lowest BCUT2D eigenvalue weighted by atomic mass is 10.1. The van der Waals surface area contributed by atoms with Crippen LogP contribution in [0, 0.1) is 17.0 Å². The van der Waals surface area contributed by atoms with Crippen molar-refractivity contribution < 1.29 is 23.7 Å². The number of rotatable bonds is 5. The van der Waals surface area contributed by atoms with E-state index in [0.717, 1.165) is 22.2 Å². The number of aryl methyl sites for hydroxylation is 1. The minimum atomic E-state index is -0.517.